The van der Waals surface area contributed by atoms with Crippen molar-refractivity contribution in [1.82, 2.24) is 9.80 Å². The Morgan fingerprint density at radius 2 is 2.25 bits per heavy atom. The lowest BCUT2D eigenvalue weighted by Crippen LogP contribution is -2.66. The standard InChI is InChI=1S/C18H24N2O4/c1-13-5-8-23-16(13)17(22)20-11-18(12-20)6-4-14(10-24-18)9-19-7-2-3-15(19)21/h5,8,14H,2-4,6-7,9-12H2,1H3/t14-/m1/s1. The monoisotopic (exact) mass is 332 g/mol. The highest BCUT2D eigenvalue weighted by atomic mass is 16.5. The van der Waals surface area contributed by atoms with Crippen LogP contribution in [-0.2, 0) is 9.53 Å². The fourth-order valence-electron chi connectivity index (χ4n) is 4.05. The summed E-state index contributed by atoms with van der Waals surface area (Å²) in [4.78, 5) is 27.9. The van der Waals surface area contributed by atoms with Gasteiger partial charge in [-0.2, -0.15) is 0 Å². The Balaban J connectivity index is 1.27. The van der Waals surface area contributed by atoms with Gasteiger partial charge in [0.15, 0.2) is 5.76 Å². The number of ether oxygens (including phenoxy) is 1. The third-order valence-corrected chi connectivity index (χ3v) is 5.58. The summed E-state index contributed by atoms with van der Waals surface area (Å²) in [6.07, 6.45) is 5.26. The summed E-state index contributed by atoms with van der Waals surface area (Å²) in [6.45, 7) is 5.57. The van der Waals surface area contributed by atoms with Gasteiger partial charge in [-0.1, -0.05) is 0 Å². The Morgan fingerprint density at radius 1 is 1.42 bits per heavy atom. The molecule has 1 spiro atoms. The van der Waals surface area contributed by atoms with Crippen LogP contribution in [0.2, 0.25) is 0 Å². The van der Waals surface area contributed by atoms with E-state index >= 15 is 0 Å². The van der Waals surface area contributed by atoms with Crippen LogP contribution in [0.3, 0.4) is 0 Å². The number of hydrogen-bond donors (Lipinski definition) is 0. The first-order chi connectivity index (χ1) is 11.6. The molecular weight excluding hydrogens is 308 g/mol. The molecule has 4 rings (SSSR count). The minimum Gasteiger partial charge on any atom is -0.459 e. The second-order valence-electron chi connectivity index (χ2n) is 7.44. The van der Waals surface area contributed by atoms with Crippen molar-refractivity contribution in [2.75, 3.05) is 32.8 Å². The highest BCUT2D eigenvalue weighted by Gasteiger charge is 2.49. The molecule has 1 atom stereocenters. The lowest BCUT2D eigenvalue weighted by molar-refractivity contribution is -0.169. The van der Waals surface area contributed by atoms with Gasteiger partial charge in [-0.25, -0.2) is 0 Å². The quantitative estimate of drug-likeness (QED) is 0.847. The molecule has 2 amide bonds. The van der Waals surface area contributed by atoms with Crippen molar-refractivity contribution in [2.24, 2.45) is 5.92 Å². The van der Waals surface area contributed by atoms with E-state index in [4.69, 9.17) is 9.15 Å². The molecule has 0 bridgehead atoms. The Hall–Kier alpha value is -1.82. The summed E-state index contributed by atoms with van der Waals surface area (Å²) < 4.78 is 11.4. The van der Waals surface area contributed by atoms with Crippen molar-refractivity contribution in [3.63, 3.8) is 0 Å². The second kappa shape index (κ2) is 5.92. The summed E-state index contributed by atoms with van der Waals surface area (Å²) >= 11 is 0. The van der Waals surface area contributed by atoms with Crippen LogP contribution >= 0.6 is 0 Å². The number of carbonyl (C=O) groups is 2. The van der Waals surface area contributed by atoms with E-state index in [1.54, 1.807) is 11.2 Å². The minimum absolute atomic E-state index is 0.0449. The largest absolute Gasteiger partial charge is 0.459 e. The molecule has 3 fully saturated rings. The zero-order valence-electron chi connectivity index (χ0n) is 14.1. The van der Waals surface area contributed by atoms with Gasteiger partial charge < -0.3 is 19.0 Å². The molecule has 6 nitrogen and oxygen atoms in total. The van der Waals surface area contributed by atoms with Gasteiger partial charge in [0.1, 0.15) is 5.60 Å². The van der Waals surface area contributed by atoms with Gasteiger partial charge in [-0.05, 0) is 32.3 Å². The van der Waals surface area contributed by atoms with Crippen LogP contribution in [0.15, 0.2) is 16.7 Å². The number of hydrogen-bond acceptors (Lipinski definition) is 4. The number of nitrogens with zero attached hydrogens (tertiary/aromatic N) is 2. The Bertz CT molecular complexity index is 637. The average molecular weight is 332 g/mol. The van der Waals surface area contributed by atoms with Crippen LogP contribution in [0, 0.1) is 12.8 Å². The molecule has 3 aliphatic heterocycles. The molecule has 3 saturated heterocycles. The first kappa shape index (κ1) is 15.7. The van der Waals surface area contributed by atoms with Crippen molar-refractivity contribution in [2.45, 2.75) is 38.2 Å². The Kier molecular flexibility index (Phi) is 3.87. The van der Waals surface area contributed by atoms with Crippen LogP contribution < -0.4 is 0 Å². The van der Waals surface area contributed by atoms with E-state index in [1.165, 1.54) is 0 Å². The lowest BCUT2D eigenvalue weighted by atomic mass is 9.82. The van der Waals surface area contributed by atoms with Crippen molar-refractivity contribution < 1.29 is 18.7 Å². The van der Waals surface area contributed by atoms with Crippen molar-refractivity contribution in [3.05, 3.63) is 23.7 Å². The zero-order chi connectivity index (χ0) is 16.7. The number of likely N-dealkylation sites (tertiary alicyclic amines) is 2. The highest BCUT2D eigenvalue weighted by Crippen LogP contribution is 2.37. The maximum absolute atomic E-state index is 12.4. The minimum atomic E-state index is -0.179. The smallest absolute Gasteiger partial charge is 0.290 e. The molecule has 0 N–H and O–H groups in total. The van der Waals surface area contributed by atoms with Crippen LogP contribution in [0.25, 0.3) is 0 Å². The zero-order valence-corrected chi connectivity index (χ0v) is 14.1. The van der Waals surface area contributed by atoms with E-state index in [2.05, 4.69) is 0 Å². The first-order valence-electron chi connectivity index (χ1n) is 8.81. The average Bonchev–Trinajstić information content (AvgIpc) is 3.14. The fraction of sp³-hybridized carbons (Fsp3) is 0.667. The maximum Gasteiger partial charge on any atom is 0.290 e. The molecule has 0 saturated carbocycles. The van der Waals surface area contributed by atoms with Crippen LogP contribution in [0.4, 0.5) is 0 Å². The molecule has 1 aromatic rings. The van der Waals surface area contributed by atoms with Crippen LogP contribution in [-0.4, -0.2) is 60.0 Å². The topological polar surface area (TPSA) is 63.0 Å². The van der Waals surface area contributed by atoms with E-state index in [0.717, 1.165) is 37.9 Å². The highest BCUT2D eigenvalue weighted by molar-refractivity contribution is 5.93. The van der Waals surface area contributed by atoms with E-state index in [0.29, 0.717) is 37.8 Å². The third-order valence-electron chi connectivity index (χ3n) is 5.58. The van der Waals surface area contributed by atoms with Crippen LogP contribution in [0.5, 0.6) is 0 Å². The SMILES string of the molecule is Cc1ccoc1C(=O)N1CC2(CC[C@H](CN3CCCC3=O)CO2)C1. The molecule has 0 unspecified atom stereocenters. The fourth-order valence-corrected chi connectivity index (χ4v) is 4.05. The predicted octanol–water partition coefficient (Wildman–Crippen LogP) is 1.83. The Morgan fingerprint density at radius 3 is 2.83 bits per heavy atom. The summed E-state index contributed by atoms with van der Waals surface area (Å²) in [5, 5.41) is 0. The molecular formula is C18H24N2O4. The molecule has 0 aliphatic carbocycles. The summed E-state index contributed by atoms with van der Waals surface area (Å²) in [5.74, 6) is 1.10. The molecule has 0 aromatic carbocycles. The van der Waals surface area contributed by atoms with E-state index in [9.17, 15) is 9.59 Å². The van der Waals surface area contributed by atoms with Gasteiger partial charge in [0.05, 0.1) is 26.0 Å². The molecule has 0 radical (unpaired) electrons. The number of carbonyl (C=O) groups excluding carboxylic acids is 2. The number of furan rings is 1. The Labute approximate surface area is 141 Å². The predicted molar refractivity (Wildman–Crippen MR) is 86.6 cm³/mol. The van der Waals surface area contributed by atoms with Gasteiger partial charge >= 0.3 is 0 Å². The normalized spacial score (nSPS) is 26.0. The molecule has 1 aromatic heterocycles. The summed E-state index contributed by atoms with van der Waals surface area (Å²) in [5.41, 5.74) is 0.697. The second-order valence-corrected chi connectivity index (χ2v) is 7.44. The van der Waals surface area contributed by atoms with Crippen LogP contribution in [0.1, 0.15) is 41.8 Å². The van der Waals surface area contributed by atoms with Gasteiger partial charge in [0.25, 0.3) is 5.91 Å². The summed E-state index contributed by atoms with van der Waals surface area (Å²) in [7, 11) is 0. The number of rotatable bonds is 3. The maximum atomic E-state index is 12.4. The van der Waals surface area contributed by atoms with Crippen molar-refractivity contribution >= 4 is 11.8 Å². The molecule has 4 heterocycles. The van der Waals surface area contributed by atoms with Gasteiger partial charge in [0, 0.05) is 31.0 Å². The molecule has 130 valence electrons. The third kappa shape index (κ3) is 2.73. The van der Waals surface area contributed by atoms with E-state index in [1.807, 2.05) is 17.9 Å². The molecule has 24 heavy (non-hydrogen) atoms. The number of amides is 2. The lowest BCUT2D eigenvalue weighted by Gasteiger charge is -2.52. The summed E-state index contributed by atoms with van der Waals surface area (Å²) in [6, 6.07) is 1.81. The number of aryl methyl sites for hydroxylation is 1. The molecule has 6 heteroatoms. The molecule has 3 aliphatic rings. The van der Waals surface area contributed by atoms with Gasteiger partial charge in [0.2, 0.25) is 5.91 Å². The van der Waals surface area contributed by atoms with E-state index < -0.39 is 0 Å². The van der Waals surface area contributed by atoms with Crippen molar-refractivity contribution in [3.8, 4) is 0 Å². The van der Waals surface area contributed by atoms with Crippen molar-refractivity contribution in [1.29, 1.82) is 0 Å². The first-order valence-corrected chi connectivity index (χ1v) is 8.81. The van der Waals surface area contributed by atoms with E-state index in [-0.39, 0.29) is 17.4 Å². The van der Waals surface area contributed by atoms with Gasteiger partial charge in [-0.15, -0.1) is 0 Å². The van der Waals surface area contributed by atoms with Gasteiger partial charge in [-0.3, -0.25) is 9.59 Å².